The van der Waals surface area contributed by atoms with E-state index in [1.807, 2.05) is 30.3 Å². The molecule has 2 rings (SSSR count). The first-order chi connectivity index (χ1) is 10.2. The lowest BCUT2D eigenvalue weighted by atomic mass is 10.1. The van der Waals surface area contributed by atoms with E-state index < -0.39 is 5.97 Å². The number of nitriles is 1. The van der Waals surface area contributed by atoms with Crippen LogP contribution in [-0.2, 0) is 17.8 Å². The van der Waals surface area contributed by atoms with Gasteiger partial charge in [-0.25, -0.2) is 4.79 Å². The normalized spacial score (nSPS) is 9.71. The number of rotatable bonds is 5. The van der Waals surface area contributed by atoms with Crippen molar-refractivity contribution in [1.82, 2.24) is 0 Å². The summed E-state index contributed by atoms with van der Waals surface area (Å²) in [6.07, 6.45) is 0.215. The molecule has 0 saturated carbocycles. The van der Waals surface area contributed by atoms with E-state index in [1.54, 1.807) is 18.2 Å². The lowest BCUT2D eigenvalue weighted by Crippen LogP contribution is -2.04. The smallest absolute Gasteiger partial charge is 0.337 e. The molecule has 4 heteroatoms. The Morgan fingerprint density at radius 3 is 2.57 bits per heavy atom. The second kappa shape index (κ2) is 7.11. The predicted octanol–water partition coefficient (Wildman–Crippen LogP) is 3.12. The van der Waals surface area contributed by atoms with Crippen molar-refractivity contribution in [3.8, 4) is 11.8 Å². The summed E-state index contributed by atoms with van der Waals surface area (Å²) in [7, 11) is 1.32. The first kappa shape index (κ1) is 14.6. The number of ether oxygens (including phenoxy) is 2. The number of methoxy groups -OCH3 is 1. The fraction of sp³-hybridized carbons (Fsp3) is 0.176. The summed E-state index contributed by atoms with van der Waals surface area (Å²) in [6, 6.07) is 16.8. The summed E-state index contributed by atoms with van der Waals surface area (Å²) in [6.45, 7) is 0.400. The molecule has 0 radical (unpaired) electrons. The number of hydrogen-bond acceptors (Lipinski definition) is 4. The molecule has 0 fully saturated rings. The summed E-state index contributed by atoms with van der Waals surface area (Å²) < 4.78 is 10.4. The average Bonchev–Trinajstić information content (AvgIpc) is 2.53. The van der Waals surface area contributed by atoms with Crippen molar-refractivity contribution < 1.29 is 14.3 Å². The zero-order valence-electron chi connectivity index (χ0n) is 11.7. The fourth-order valence-electron chi connectivity index (χ4n) is 1.91. The number of hydrogen-bond donors (Lipinski definition) is 0. The zero-order valence-corrected chi connectivity index (χ0v) is 11.7. The van der Waals surface area contributed by atoms with Crippen molar-refractivity contribution in [3.05, 3.63) is 65.2 Å². The molecular weight excluding hydrogens is 266 g/mol. The van der Waals surface area contributed by atoms with Crippen molar-refractivity contribution in [3.63, 3.8) is 0 Å². The van der Waals surface area contributed by atoms with Gasteiger partial charge in [0.15, 0.2) is 0 Å². The van der Waals surface area contributed by atoms with Crippen LogP contribution in [0.4, 0.5) is 0 Å². The highest BCUT2D eigenvalue weighted by atomic mass is 16.5. The largest absolute Gasteiger partial charge is 0.489 e. The van der Waals surface area contributed by atoms with Crippen molar-refractivity contribution in [2.75, 3.05) is 7.11 Å². The second-order valence-electron chi connectivity index (χ2n) is 4.47. The molecule has 0 amide bonds. The van der Waals surface area contributed by atoms with E-state index in [1.165, 1.54) is 7.11 Å². The Balaban J connectivity index is 2.19. The number of nitrogens with zero attached hydrogens (tertiary/aromatic N) is 1. The van der Waals surface area contributed by atoms with Crippen LogP contribution in [0.5, 0.6) is 5.75 Å². The van der Waals surface area contributed by atoms with Crippen molar-refractivity contribution in [2.24, 2.45) is 0 Å². The SMILES string of the molecule is COC(=O)c1cc(CC#N)cc(OCc2ccccc2)c1. The third-order valence-electron chi connectivity index (χ3n) is 2.92. The topological polar surface area (TPSA) is 59.3 Å². The lowest BCUT2D eigenvalue weighted by molar-refractivity contribution is 0.0600. The molecule has 0 spiro atoms. The lowest BCUT2D eigenvalue weighted by Gasteiger charge is -2.09. The monoisotopic (exact) mass is 281 g/mol. The van der Waals surface area contributed by atoms with E-state index >= 15 is 0 Å². The molecular formula is C17H15NO3. The molecule has 0 aliphatic carbocycles. The number of carbonyl (C=O) groups excluding carboxylic acids is 1. The van der Waals surface area contributed by atoms with E-state index in [-0.39, 0.29) is 6.42 Å². The zero-order chi connectivity index (χ0) is 15.1. The first-order valence-corrected chi connectivity index (χ1v) is 6.49. The van der Waals surface area contributed by atoms with Crippen molar-refractivity contribution in [2.45, 2.75) is 13.0 Å². The van der Waals surface area contributed by atoms with Crippen LogP contribution >= 0.6 is 0 Å². The molecule has 0 aromatic heterocycles. The Bertz CT molecular complexity index is 659. The molecule has 4 nitrogen and oxygen atoms in total. The highest BCUT2D eigenvalue weighted by Gasteiger charge is 2.09. The Labute approximate surface area is 123 Å². The predicted molar refractivity (Wildman–Crippen MR) is 77.9 cm³/mol. The van der Waals surface area contributed by atoms with Gasteiger partial charge in [0.2, 0.25) is 0 Å². The molecule has 0 N–H and O–H groups in total. The number of carbonyl (C=O) groups is 1. The van der Waals surface area contributed by atoms with Gasteiger partial charge in [-0.05, 0) is 29.3 Å². The minimum absolute atomic E-state index is 0.215. The van der Waals surface area contributed by atoms with Gasteiger partial charge < -0.3 is 9.47 Å². The standard InChI is InChI=1S/C17H15NO3/c1-20-17(19)15-9-14(7-8-18)10-16(11-15)21-12-13-5-3-2-4-6-13/h2-6,9-11H,7,12H2,1H3. The van der Waals surface area contributed by atoms with Gasteiger partial charge in [0, 0.05) is 0 Å². The van der Waals surface area contributed by atoms with Crippen molar-refractivity contribution >= 4 is 5.97 Å². The van der Waals surface area contributed by atoms with E-state index in [9.17, 15) is 4.79 Å². The van der Waals surface area contributed by atoms with Crippen LogP contribution in [0.2, 0.25) is 0 Å². The van der Waals surface area contributed by atoms with Crippen LogP contribution < -0.4 is 4.74 Å². The van der Waals surface area contributed by atoms with Gasteiger partial charge in [0.05, 0.1) is 25.2 Å². The summed E-state index contributed by atoms with van der Waals surface area (Å²) in [5.41, 5.74) is 2.14. The summed E-state index contributed by atoms with van der Waals surface area (Å²) >= 11 is 0. The molecule has 0 aliphatic heterocycles. The summed E-state index contributed by atoms with van der Waals surface area (Å²) in [5, 5.41) is 8.80. The van der Waals surface area contributed by atoms with Gasteiger partial charge >= 0.3 is 5.97 Å². The summed E-state index contributed by atoms with van der Waals surface area (Å²) in [4.78, 5) is 11.6. The molecule has 0 heterocycles. The molecule has 0 unspecified atom stereocenters. The minimum Gasteiger partial charge on any atom is -0.489 e. The van der Waals surface area contributed by atoms with Crippen LogP contribution in [0, 0.1) is 11.3 Å². The Kier molecular flexibility index (Phi) is 4.94. The van der Waals surface area contributed by atoms with Gasteiger partial charge in [-0.2, -0.15) is 5.26 Å². The Morgan fingerprint density at radius 1 is 1.14 bits per heavy atom. The van der Waals surface area contributed by atoms with Gasteiger partial charge in [-0.15, -0.1) is 0 Å². The molecule has 106 valence electrons. The maximum atomic E-state index is 11.6. The Morgan fingerprint density at radius 2 is 1.90 bits per heavy atom. The van der Waals surface area contributed by atoms with Gasteiger partial charge in [-0.3, -0.25) is 0 Å². The third kappa shape index (κ3) is 4.08. The second-order valence-corrected chi connectivity index (χ2v) is 4.47. The Hall–Kier alpha value is -2.80. The first-order valence-electron chi connectivity index (χ1n) is 6.49. The molecule has 0 aliphatic rings. The van der Waals surface area contributed by atoms with Crippen LogP contribution in [0.15, 0.2) is 48.5 Å². The molecule has 0 bridgehead atoms. The maximum Gasteiger partial charge on any atom is 0.337 e. The minimum atomic E-state index is -0.445. The number of esters is 1. The van der Waals surface area contributed by atoms with E-state index in [4.69, 9.17) is 14.7 Å². The third-order valence-corrected chi connectivity index (χ3v) is 2.92. The van der Waals surface area contributed by atoms with Gasteiger partial charge in [-0.1, -0.05) is 30.3 Å². The van der Waals surface area contributed by atoms with Crippen molar-refractivity contribution in [1.29, 1.82) is 5.26 Å². The highest BCUT2D eigenvalue weighted by molar-refractivity contribution is 5.90. The fourth-order valence-corrected chi connectivity index (χ4v) is 1.91. The maximum absolute atomic E-state index is 11.6. The van der Waals surface area contributed by atoms with E-state index in [0.29, 0.717) is 17.9 Å². The van der Waals surface area contributed by atoms with Crippen LogP contribution in [0.25, 0.3) is 0 Å². The molecule has 0 saturated heterocycles. The van der Waals surface area contributed by atoms with Crippen LogP contribution in [-0.4, -0.2) is 13.1 Å². The highest BCUT2D eigenvalue weighted by Crippen LogP contribution is 2.20. The van der Waals surface area contributed by atoms with Crippen LogP contribution in [0.1, 0.15) is 21.5 Å². The van der Waals surface area contributed by atoms with E-state index in [0.717, 1.165) is 11.1 Å². The summed E-state index contributed by atoms with van der Waals surface area (Å²) in [5.74, 6) is 0.103. The van der Waals surface area contributed by atoms with E-state index in [2.05, 4.69) is 6.07 Å². The molecule has 0 atom stereocenters. The van der Waals surface area contributed by atoms with Gasteiger partial charge in [0.25, 0.3) is 0 Å². The molecule has 2 aromatic carbocycles. The number of benzene rings is 2. The average molecular weight is 281 g/mol. The quantitative estimate of drug-likeness (QED) is 0.790. The van der Waals surface area contributed by atoms with Gasteiger partial charge in [0.1, 0.15) is 12.4 Å². The molecule has 2 aromatic rings. The molecule has 21 heavy (non-hydrogen) atoms. The van der Waals surface area contributed by atoms with Crippen LogP contribution in [0.3, 0.4) is 0 Å².